The average molecular weight is 360 g/mol. The Balaban J connectivity index is 3.71. The molecular formula is C21H28O5. The van der Waals surface area contributed by atoms with E-state index < -0.39 is 34.3 Å². The van der Waals surface area contributed by atoms with Gasteiger partial charge in [-0.15, -0.1) is 0 Å². The number of rotatable bonds is 5. The largest absolute Gasteiger partial charge is 0.507 e. The van der Waals surface area contributed by atoms with E-state index in [0.717, 1.165) is 11.1 Å². The molecule has 0 spiro atoms. The lowest BCUT2D eigenvalue weighted by atomic mass is 9.74. The molecule has 0 aromatic rings. The van der Waals surface area contributed by atoms with Crippen LogP contribution in [0.1, 0.15) is 54.4 Å². The van der Waals surface area contributed by atoms with E-state index >= 15 is 0 Å². The molecule has 0 fully saturated rings. The summed E-state index contributed by atoms with van der Waals surface area (Å²) in [6, 6.07) is 0. The van der Waals surface area contributed by atoms with Crippen molar-refractivity contribution in [1.29, 1.82) is 0 Å². The zero-order valence-electron chi connectivity index (χ0n) is 16.3. The van der Waals surface area contributed by atoms with Crippen LogP contribution in [0, 0.1) is 0 Å². The molecule has 1 aliphatic carbocycles. The molecule has 0 heterocycles. The highest BCUT2D eigenvalue weighted by atomic mass is 16.3. The van der Waals surface area contributed by atoms with E-state index in [0.29, 0.717) is 5.57 Å². The number of aliphatic hydroxyl groups excluding tert-OH is 2. The fourth-order valence-electron chi connectivity index (χ4n) is 2.54. The predicted octanol–water partition coefficient (Wildman–Crippen LogP) is 4.17. The Hall–Kier alpha value is -2.40. The summed E-state index contributed by atoms with van der Waals surface area (Å²) >= 11 is 0. The molecule has 0 aromatic heterocycles. The Morgan fingerprint density at radius 2 is 1.46 bits per heavy atom. The van der Waals surface area contributed by atoms with Crippen molar-refractivity contribution in [1.82, 2.24) is 0 Å². The highest BCUT2D eigenvalue weighted by Gasteiger charge is 2.51. The molecule has 26 heavy (non-hydrogen) atoms. The van der Waals surface area contributed by atoms with Crippen LogP contribution in [0.5, 0.6) is 0 Å². The molecule has 3 N–H and O–H groups in total. The first-order valence-electron chi connectivity index (χ1n) is 8.51. The Morgan fingerprint density at radius 3 is 1.92 bits per heavy atom. The van der Waals surface area contributed by atoms with Gasteiger partial charge in [-0.05, 0) is 54.0 Å². The van der Waals surface area contributed by atoms with Crippen molar-refractivity contribution in [3.63, 3.8) is 0 Å². The third-order valence-corrected chi connectivity index (χ3v) is 3.98. The first kappa shape index (κ1) is 21.6. The first-order chi connectivity index (χ1) is 11.9. The molecule has 0 radical (unpaired) electrons. The van der Waals surface area contributed by atoms with Crippen molar-refractivity contribution in [3.05, 3.63) is 57.6 Å². The van der Waals surface area contributed by atoms with Crippen LogP contribution in [-0.2, 0) is 9.59 Å². The molecule has 0 saturated heterocycles. The van der Waals surface area contributed by atoms with Crippen molar-refractivity contribution >= 4 is 11.6 Å². The number of allylic oxidation sites excluding steroid dienone is 6. The predicted molar refractivity (Wildman–Crippen MR) is 102 cm³/mol. The number of aliphatic hydroxyl groups is 3. The SMILES string of the molecule is CC(C)=CCC1=C(O)/C(=C(\O)C=C(C)C)C(=O)C(O)(CC=C(C)C)C1=O. The van der Waals surface area contributed by atoms with Gasteiger partial charge in [0, 0.05) is 12.0 Å². The maximum absolute atomic E-state index is 12.8. The van der Waals surface area contributed by atoms with Gasteiger partial charge in [0.2, 0.25) is 11.6 Å². The van der Waals surface area contributed by atoms with Crippen LogP contribution < -0.4 is 0 Å². The Labute approximate surface area is 154 Å². The third kappa shape index (κ3) is 4.61. The molecule has 0 aromatic carbocycles. The first-order valence-corrected chi connectivity index (χ1v) is 8.51. The molecule has 0 amide bonds. The second-order valence-corrected chi connectivity index (χ2v) is 7.30. The van der Waals surface area contributed by atoms with E-state index in [2.05, 4.69) is 0 Å². The zero-order chi connectivity index (χ0) is 20.2. The summed E-state index contributed by atoms with van der Waals surface area (Å²) in [5.41, 5.74) is -0.393. The molecule has 0 saturated carbocycles. The van der Waals surface area contributed by atoms with E-state index in [-0.39, 0.29) is 18.4 Å². The normalized spacial score (nSPS) is 22.1. The maximum atomic E-state index is 12.8. The van der Waals surface area contributed by atoms with Crippen LogP contribution in [0.15, 0.2) is 57.6 Å². The Morgan fingerprint density at radius 1 is 0.923 bits per heavy atom. The van der Waals surface area contributed by atoms with Gasteiger partial charge in [0.25, 0.3) is 0 Å². The van der Waals surface area contributed by atoms with E-state index in [1.165, 1.54) is 6.08 Å². The highest BCUT2D eigenvalue weighted by molar-refractivity contribution is 6.27. The topological polar surface area (TPSA) is 94.8 Å². The summed E-state index contributed by atoms with van der Waals surface area (Å²) < 4.78 is 0. The van der Waals surface area contributed by atoms with Gasteiger partial charge in [0.15, 0.2) is 5.60 Å². The molecule has 0 aliphatic heterocycles. The summed E-state index contributed by atoms with van der Waals surface area (Å²) in [5, 5.41) is 31.7. The summed E-state index contributed by atoms with van der Waals surface area (Å²) in [5.74, 6) is -2.86. The van der Waals surface area contributed by atoms with Crippen LogP contribution in [-0.4, -0.2) is 32.5 Å². The van der Waals surface area contributed by atoms with Crippen LogP contribution in [0.25, 0.3) is 0 Å². The summed E-state index contributed by atoms with van der Waals surface area (Å²) in [6.07, 6.45) is 4.47. The van der Waals surface area contributed by atoms with E-state index in [1.807, 2.05) is 13.8 Å². The lowest BCUT2D eigenvalue weighted by molar-refractivity contribution is -0.147. The number of carbonyl (C=O) groups is 2. The van der Waals surface area contributed by atoms with Crippen molar-refractivity contribution in [3.8, 4) is 0 Å². The molecule has 1 unspecified atom stereocenters. The molecule has 5 heteroatoms. The molecule has 1 atom stereocenters. The van der Waals surface area contributed by atoms with Crippen LogP contribution in [0.3, 0.4) is 0 Å². The minimum atomic E-state index is -2.34. The fourth-order valence-corrected chi connectivity index (χ4v) is 2.54. The highest BCUT2D eigenvalue weighted by Crippen LogP contribution is 2.36. The summed E-state index contributed by atoms with van der Waals surface area (Å²) in [7, 11) is 0. The second-order valence-electron chi connectivity index (χ2n) is 7.30. The van der Waals surface area contributed by atoms with E-state index in [4.69, 9.17) is 0 Å². The van der Waals surface area contributed by atoms with E-state index in [1.54, 1.807) is 39.8 Å². The molecular weight excluding hydrogens is 332 g/mol. The molecule has 142 valence electrons. The Bertz CT molecular complexity index is 762. The van der Waals surface area contributed by atoms with Crippen molar-refractivity contribution in [2.75, 3.05) is 0 Å². The maximum Gasteiger partial charge on any atom is 0.210 e. The van der Waals surface area contributed by atoms with Crippen LogP contribution in [0.4, 0.5) is 0 Å². The smallest absolute Gasteiger partial charge is 0.210 e. The standard InChI is InChI=1S/C21H28O5/c1-12(2)7-8-15-18(23)17(16(22)11-14(5)6)20(25)21(26,19(15)24)10-9-13(3)4/h7,9,11,22-23,26H,8,10H2,1-6H3/b17-16+. The summed E-state index contributed by atoms with van der Waals surface area (Å²) in [6.45, 7) is 10.7. The van der Waals surface area contributed by atoms with Gasteiger partial charge in [-0.3, -0.25) is 9.59 Å². The minimum absolute atomic E-state index is 0.0585. The number of hydrogen-bond donors (Lipinski definition) is 3. The van der Waals surface area contributed by atoms with Crippen molar-refractivity contribution in [2.45, 2.75) is 60.0 Å². The molecule has 0 bridgehead atoms. The number of hydrogen-bond acceptors (Lipinski definition) is 5. The van der Waals surface area contributed by atoms with Gasteiger partial charge in [-0.25, -0.2) is 0 Å². The molecule has 1 rings (SSSR count). The monoisotopic (exact) mass is 360 g/mol. The second kappa shape index (κ2) is 8.32. The van der Waals surface area contributed by atoms with Gasteiger partial charge >= 0.3 is 0 Å². The van der Waals surface area contributed by atoms with Crippen molar-refractivity contribution in [2.24, 2.45) is 0 Å². The summed E-state index contributed by atoms with van der Waals surface area (Å²) in [4.78, 5) is 25.6. The quantitative estimate of drug-likeness (QED) is 0.296. The lowest BCUT2D eigenvalue weighted by Crippen LogP contribution is -2.51. The number of Topliss-reactive ketones (excluding diaryl/α,β-unsaturated/α-hetero) is 2. The number of ketones is 2. The van der Waals surface area contributed by atoms with Crippen molar-refractivity contribution < 1.29 is 24.9 Å². The van der Waals surface area contributed by atoms with Gasteiger partial charge in [-0.2, -0.15) is 0 Å². The van der Waals surface area contributed by atoms with Gasteiger partial charge < -0.3 is 15.3 Å². The average Bonchev–Trinajstić information content (AvgIpc) is 2.50. The van der Waals surface area contributed by atoms with Gasteiger partial charge in [-0.1, -0.05) is 28.9 Å². The van der Waals surface area contributed by atoms with Crippen LogP contribution in [0.2, 0.25) is 0 Å². The minimum Gasteiger partial charge on any atom is -0.507 e. The van der Waals surface area contributed by atoms with Gasteiger partial charge in [0.05, 0.1) is 0 Å². The molecule has 5 nitrogen and oxygen atoms in total. The Kier molecular flexibility index (Phi) is 6.93. The number of carbonyl (C=O) groups excluding carboxylic acids is 2. The zero-order valence-corrected chi connectivity index (χ0v) is 16.3. The lowest BCUT2D eigenvalue weighted by Gasteiger charge is -2.31. The van der Waals surface area contributed by atoms with Crippen LogP contribution >= 0.6 is 0 Å². The van der Waals surface area contributed by atoms with Gasteiger partial charge in [0.1, 0.15) is 17.1 Å². The third-order valence-electron chi connectivity index (χ3n) is 3.98. The molecule has 1 aliphatic rings. The van der Waals surface area contributed by atoms with E-state index in [9.17, 15) is 24.9 Å². The fraction of sp³-hybridized carbons (Fsp3) is 0.429.